The second-order valence-corrected chi connectivity index (χ2v) is 9.10. The lowest BCUT2D eigenvalue weighted by Gasteiger charge is -2.41. The number of benzene rings is 1. The van der Waals surface area contributed by atoms with Crippen LogP contribution in [0.25, 0.3) is 0 Å². The Bertz CT molecular complexity index is 611. The minimum atomic E-state index is -3.33. The van der Waals surface area contributed by atoms with E-state index in [0.29, 0.717) is 24.0 Å². The molecule has 0 radical (unpaired) electrons. The maximum Gasteiger partial charge on any atom is 0.243 e. The van der Waals surface area contributed by atoms with Gasteiger partial charge in [0.1, 0.15) is 0 Å². The fourth-order valence-electron chi connectivity index (χ4n) is 3.70. The first kappa shape index (κ1) is 16.9. The van der Waals surface area contributed by atoms with Crippen LogP contribution in [-0.2, 0) is 10.0 Å². The third-order valence-corrected chi connectivity index (χ3v) is 7.33. The molecule has 0 unspecified atom stereocenters. The number of likely N-dealkylation sites (tertiary alicyclic amines) is 1. The van der Waals surface area contributed by atoms with Gasteiger partial charge in [0.25, 0.3) is 0 Å². The zero-order valence-corrected chi connectivity index (χ0v) is 15.1. The van der Waals surface area contributed by atoms with Crippen molar-refractivity contribution >= 4 is 10.0 Å². The van der Waals surface area contributed by atoms with Gasteiger partial charge in [0.15, 0.2) is 0 Å². The highest BCUT2D eigenvalue weighted by atomic mass is 32.2. The summed E-state index contributed by atoms with van der Waals surface area (Å²) in [6.45, 7) is 7.95. The molecule has 2 aliphatic heterocycles. The Morgan fingerprint density at radius 2 is 1.48 bits per heavy atom. The van der Waals surface area contributed by atoms with E-state index in [4.69, 9.17) is 0 Å². The van der Waals surface area contributed by atoms with E-state index in [-0.39, 0.29) is 0 Å². The van der Waals surface area contributed by atoms with Crippen molar-refractivity contribution in [3.63, 3.8) is 0 Å². The zero-order valence-electron chi connectivity index (χ0n) is 14.2. The van der Waals surface area contributed by atoms with Gasteiger partial charge in [0.2, 0.25) is 10.0 Å². The molecular formula is C18H28N2O2S. The van der Waals surface area contributed by atoms with Gasteiger partial charge in [-0.25, -0.2) is 8.42 Å². The molecule has 5 heteroatoms. The van der Waals surface area contributed by atoms with E-state index in [1.54, 1.807) is 16.4 Å². The first-order chi connectivity index (χ1) is 11.0. The molecule has 128 valence electrons. The van der Waals surface area contributed by atoms with Crippen LogP contribution >= 0.6 is 0 Å². The van der Waals surface area contributed by atoms with Crippen LogP contribution in [0.1, 0.15) is 38.2 Å². The van der Waals surface area contributed by atoms with Crippen LogP contribution in [0.4, 0.5) is 0 Å². The molecule has 0 amide bonds. The van der Waals surface area contributed by atoms with Crippen molar-refractivity contribution in [2.24, 2.45) is 5.92 Å². The fourth-order valence-corrected chi connectivity index (χ4v) is 5.17. The summed E-state index contributed by atoms with van der Waals surface area (Å²) >= 11 is 0. The Labute approximate surface area is 140 Å². The summed E-state index contributed by atoms with van der Waals surface area (Å²) in [5.41, 5.74) is 1.09. The predicted molar refractivity (Wildman–Crippen MR) is 92.9 cm³/mol. The third kappa shape index (κ3) is 3.78. The summed E-state index contributed by atoms with van der Waals surface area (Å²) in [6.07, 6.45) is 4.47. The van der Waals surface area contributed by atoms with Crippen molar-refractivity contribution < 1.29 is 8.42 Å². The topological polar surface area (TPSA) is 40.6 Å². The Hall–Kier alpha value is -0.910. The van der Waals surface area contributed by atoms with Gasteiger partial charge in [-0.15, -0.1) is 0 Å². The van der Waals surface area contributed by atoms with E-state index in [1.807, 2.05) is 19.1 Å². The van der Waals surface area contributed by atoms with Crippen molar-refractivity contribution in [2.45, 2.75) is 50.5 Å². The molecule has 2 saturated heterocycles. The number of piperidine rings is 2. The molecule has 23 heavy (non-hydrogen) atoms. The van der Waals surface area contributed by atoms with E-state index < -0.39 is 10.0 Å². The molecule has 3 rings (SSSR count). The van der Waals surface area contributed by atoms with Crippen molar-refractivity contribution in [3.8, 4) is 0 Å². The van der Waals surface area contributed by atoms with E-state index >= 15 is 0 Å². The van der Waals surface area contributed by atoms with Gasteiger partial charge in [-0.2, -0.15) is 4.31 Å². The molecule has 4 nitrogen and oxygen atoms in total. The predicted octanol–water partition coefficient (Wildman–Crippen LogP) is 2.88. The van der Waals surface area contributed by atoms with Gasteiger partial charge >= 0.3 is 0 Å². The molecule has 0 saturated carbocycles. The number of hydrogen-bond donors (Lipinski definition) is 0. The molecule has 2 aliphatic rings. The second kappa shape index (κ2) is 6.91. The minimum Gasteiger partial charge on any atom is -0.300 e. The first-order valence-corrected chi connectivity index (χ1v) is 10.2. The maximum atomic E-state index is 12.7. The van der Waals surface area contributed by atoms with Crippen molar-refractivity contribution in [3.05, 3.63) is 29.8 Å². The second-order valence-electron chi connectivity index (χ2n) is 7.17. The lowest BCUT2D eigenvalue weighted by atomic mass is 9.95. The molecule has 1 aromatic rings. The summed E-state index contributed by atoms with van der Waals surface area (Å²) in [6, 6.07) is 7.75. The Morgan fingerprint density at radius 3 is 2.04 bits per heavy atom. The number of nitrogens with zero attached hydrogens (tertiary/aromatic N) is 2. The van der Waals surface area contributed by atoms with Crippen molar-refractivity contribution in [1.29, 1.82) is 0 Å². The summed E-state index contributed by atoms with van der Waals surface area (Å²) in [5, 5.41) is 0. The highest BCUT2D eigenvalue weighted by Crippen LogP contribution is 2.26. The average molecular weight is 337 g/mol. The number of rotatable bonds is 3. The van der Waals surface area contributed by atoms with Crippen LogP contribution < -0.4 is 0 Å². The van der Waals surface area contributed by atoms with E-state index in [1.165, 1.54) is 25.9 Å². The average Bonchev–Trinajstić information content (AvgIpc) is 2.56. The standard InChI is InChI=1S/C18H28N2O2S/c1-15-3-5-18(6-4-15)23(21,22)20-13-9-17(10-14-20)19-11-7-16(2)8-12-19/h3-6,16-17H,7-14H2,1-2H3. The fraction of sp³-hybridized carbons (Fsp3) is 0.667. The quantitative estimate of drug-likeness (QED) is 0.852. The van der Waals surface area contributed by atoms with Gasteiger partial charge in [-0.3, -0.25) is 0 Å². The molecule has 0 N–H and O–H groups in total. The molecule has 2 fully saturated rings. The Balaban J connectivity index is 1.61. The highest BCUT2D eigenvalue weighted by molar-refractivity contribution is 7.89. The van der Waals surface area contributed by atoms with Crippen molar-refractivity contribution in [1.82, 2.24) is 9.21 Å². The van der Waals surface area contributed by atoms with Crippen LogP contribution in [0.2, 0.25) is 0 Å². The summed E-state index contributed by atoms with van der Waals surface area (Å²) in [5.74, 6) is 0.841. The van der Waals surface area contributed by atoms with Crippen molar-refractivity contribution in [2.75, 3.05) is 26.2 Å². The Morgan fingerprint density at radius 1 is 0.913 bits per heavy atom. The Kier molecular flexibility index (Phi) is 5.09. The lowest BCUT2D eigenvalue weighted by molar-refractivity contribution is 0.101. The smallest absolute Gasteiger partial charge is 0.243 e. The maximum absolute atomic E-state index is 12.7. The number of aryl methyl sites for hydroxylation is 1. The first-order valence-electron chi connectivity index (χ1n) is 8.77. The normalized spacial score (nSPS) is 23.2. The SMILES string of the molecule is Cc1ccc(S(=O)(=O)N2CCC(N3CCC(C)CC3)CC2)cc1. The lowest BCUT2D eigenvalue weighted by Crippen LogP contribution is -2.48. The van der Waals surface area contributed by atoms with Crippen LogP contribution in [0, 0.1) is 12.8 Å². The molecular weight excluding hydrogens is 308 g/mol. The number of sulfonamides is 1. The van der Waals surface area contributed by atoms with Crippen LogP contribution in [0.3, 0.4) is 0 Å². The van der Waals surface area contributed by atoms with Gasteiger partial charge in [-0.1, -0.05) is 24.6 Å². The van der Waals surface area contributed by atoms with E-state index in [9.17, 15) is 8.42 Å². The number of hydrogen-bond acceptors (Lipinski definition) is 3. The van der Waals surface area contributed by atoms with Gasteiger partial charge in [0.05, 0.1) is 4.90 Å². The van der Waals surface area contributed by atoms with Gasteiger partial charge < -0.3 is 4.90 Å². The van der Waals surface area contributed by atoms with Gasteiger partial charge in [-0.05, 0) is 63.7 Å². The van der Waals surface area contributed by atoms with Crippen LogP contribution in [0.5, 0.6) is 0 Å². The molecule has 2 heterocycles. The summed E-state index contributed by atoms with van der Waals surface area (Å²) in [4.78, 5) is 3.00. The summed E-state index contributed by atoms with van der Waals surface area (Å²) < 4.78 is 27.1. The highest BCUT2D eigenvalue weighted by Gasteiger charge is 2.32. The largest absolute Gasteiger partial charge is 0.300 e. The molecule has 0 bridgehead atoms. The molecule has 0 spiro atoms. The summed E-state index contributed by atoms with van der Waals surface area (Å²) in [7, 11) is -3.33. The minimum absolute atomic E-state index is 0.424. The van der Waals surface area contributed by atoms with Crippen LogP contribution in [0.15, 0.2) is 29.2 Å². The third-order valence-electron chi connectivity index (χ3n) is 5.42. The van der Waals surface area contributed by atoms with E-state index in [2.05, 4.69) is 11.8 Å². The zero-order chi connectivity index (χ0) is 16.4. The van der Waals surface area contributed by atoms with E-state index in [0.717, 1.165) is 24.3 Å². The molecule has 0 aromatic heterocycles. The molecule has 0 aliphatic carbocycles. The molecule has 1 aromatic carbocycles. The van der Waals surface area contributed by atoms with Crippen LogP contribution in [-0.4, -0.2) is 49.8 Å². The molecule has 0 atom stereocenters. The monoisotopic (exact) mass is 336 g/mol. The van der Waals surface area contributed by atoms with Gasteiger partial charge in [0, 0.05) is 19.1 Å².